The molecule has 0 saturated carbocycles. The van der Waals surface area contributed by atoms with Crippen molar-refractivity contribution in [3.63, 3.8) is 0 Å². The number of amides is 1. The molecule has 1 heterocycles. The van der Waals surface area contributed by atoms with Gasteiger partial charge >= 0.3 is 0 Å². The number of pyridine rings is 1. The van der Waals surface area contributed by atoms with Crippen LogP contribution >= 0.6 is 31.9 Å². The SMILES string of the molecule is Cc1c(Br)cc(NCC(=O)NN=Cc2ccncc2)cc1Br. The van der Waals surface area contributed by atoms with Gasteiger partial charge in [-0.3, -0.25) is 9.78 Å². The molecule has 0 spiro atoms. The quantitative estimate of drug-likeness (QED) is 0.569. The van der Waals surface area contributed by atoms with E-state index in [-0.39, 0.29) is 12.5 Å². The summed E-state index contributed by atoms with van der Waals surface area (Å²) in [6.07, 6.45) is 4.90. The highest BCUT2D eigenvalue weighted by Gasteiger charge is 2.05. The van der Waals surface area contributed by atoms with Crippen molar-refractivity contribution in [2.24, 2.45) is 5.10 Å². The number of halogens is 2. The molecule has 0 aliphatic carbocycles. The second-order valence-electron chi connectivity index (χ2n) is 4.49. The molecule has 1 amide bonds. The maximum atomic E-state index is 11.7. The number of carbonyl (C=O) groups is 1. The van der Waals surface area contributed by atoms with Gasteiger partial charge in [0.1, 0.15) is 0 Å². The van der Waals surface area contributed by atoms with Crippen LogP contribution in [0.3, 0.4) is 0 Å². The third-order valence-electron chi connectivity index (χ3n) is 2.84. The summed E-state index contributed by atoms with van der Waals surface area (Å²) in [5.41, 5.74) is 5.29. The molecule has 2 rings (SSSR count). The van der Waals surface area contributed by atoms with E-state index in [1.807, 2.05) is 19.1 Å². The van der Waals surface area contributed by atoms with Crippen LogP contribution in [0.5, 0.6) is 0 Å². The topological polar surface area (TPSA) is 66.4 Å². The Morgan fingerprint density at radius 3 is 2.55 bits per heavy atom. The van der Waals surface area contributed by atoms with Crippen molar-refractivity contribution in [2.75, 3.05) is 11.9 Å². The fourth-order valence-corrected chi connectivity index (χ4v) is 2.78. The lowest BCUT2D eigenvalue weighted by molar-refractivity contribution is -0.119. The number of anilines is 1. The lowest BCUT2D eigenvalue weighted by atomic mass is 10.2. The molecule has 7 heteroatoms. The fraction of sp³-hybridized carbons (Fsp3) is 0.133. The fourth-order valence-electron chi connectivity index (χ4n) is 1.60. The highest BCUT2D eigenvalue weighted by molar-refractivity contribution is 9.11. The maximum Gasteiger partial charge on any atom is 0.259 e. The van der Waals surface area contributed by atoms with Gasteiger partial charge in [0.05, 0.1) is 12.8 Å². The molecule has 22 heavy (non-hydrogen) atoms. The summed E-state index contributed by atoms with van der Waals surface area (Å²) < 4.78 is 1.95. The first kappa shape index (κ1) is 16.6. The maximum absolute atomic E-state index is 11.7. The number of aromatic nitrogens is 1. The molecule has 0 aliphatic heterocycles. The van der Waals surface area contributed by atoms with Crippen LogP contribution in [-0.4, -0.2) is 23.7 Å². The number of carbonyl (C=O) groups excluding carboxylic acids is 1. The van der Waals surface area contributed by atoms with Crippen molar-refractivity contribution in [1.82, 2.24) is 10.4 Å². The summed E-state index contributed by atoms with van der Waals surface area (Å²) in [7, 11) is 0. The largest absolute Gasteiger partial charge is 0.376 e. The molecule has 0 saturated heterocycles. The molecular formula is C15H14Br2N4O. The molecule has 1 aromatic carbocycles. The van der Waals surface area contributed by atoms with Crippen molar-refractivity contribution in [1.29, 1.82) is 0 Å². The summed E-state index contributed by atoms with van der Waals surface area (Å²) in [5.74, 6) is -0.224. The summed E-state index contributed by atoms with van der Waals surface area (Å²) in [4.78, 5) is 15.6. The molecule has 5 nitrogen and oxygen atoms in total. The Kier molecular flexibility index (Phi) is 6.09. The minimum Gasteiger partial charge on any atom is -0.376 e. The smallest absolute Gasteiger partial charge is 0.259 e. The number of nitrogens with one attached hydrogen (secondary N) is 2. The average Bonchev–Trinajstić information content (AvgIpc) is 2.51. The molecule has 0 atom stereocenters. The standard InChI is InChI=1S/C15H14Br2N4O/c1-10-13(16)6-12(7-14(10)17)19-9-15(22)21-20-8-11-2-4-18-5-3-11/h2-8,19H,9H2,1H3,(H,21,22). The van der Waals surface area contributed by atoms with E-state index in [0.717, 1.165) is 25.8 Å². The second-order valence-corrected chi connectivity index (χ2v) is 6.20. The van der Waals surface area contributed by atoms with Gasteiger partial charge in [-0.2, -0.15) is 5.10 Å². The highest BCUT2D eigenvalue weighted by Crippen LogP contribution is 2.28. The molecule has 114 valence electrons. The summed E-state index contributed by atoms with van der Waals surface area (Å²) in [6.45, 7) is 2.13. The number of hydrogen-bond acceptors (Lipinski definition) is 4. The lowest BCUT2D eigenvalue weighted by Crippen LogP contribution is -2.25. The first-order valence-electron chi connectivity index (χ1n) is 6.47. The van der Waals surface area contributed by atoms with E-state index in [9.17, 15) is 4.79 Å². The Bertz CT molecular complexity index is 666. The van der Waals surface area contributed by atoms with E-state index < -0.39 is 0 Å². The third kappa shape index (κ3) is 4.92. The van der Waals surface area contributed by atoms with E-state index in [0.29, 0.717) is 0 Å². The van der Waals surface area contributed by atoms with E-state index in [1.54, 1.807) is 30.7 Å². The van der Waals surface area contributed by atoms with E-state index in [2.05, 4.69) is 52.7 Å². The van der Waals surface area contributed by atoms with Gasteiger partial charge < -0.3 is 5.32 Å². The number of nitrogens with zero attached hydrogens (tertiary/aromatic N) is 2. The van der Waals surface area contributed by atoms with E-state index in [4.69, 9.17) is 0 Å². The van der Waals surface area contributed by atoms with Gasteiger partial charge in [0.2, 0.25) is 0 Å². The van der Waals surface area contributed by atoms with Crippen LogP contribution in [0.4, 0.5) is 5.69 Å². The van der Waals surface area contributed by atoms with Crippen molar-refractivity contribution in [3.8, 4) is 0 Å². The van der Waals surface area contributed by atoms with E-state index in [1.165, 1.54) is 0 Å². The molecule has 2 N–H and O–H groups in total. The van der Waals surface area contributed by atoms with Crippen LogP contribution in [0.2, 0.25) is 0 Å². The number of hydrazone groups is 1. The zero-order valence-electron chi connectivity index (χ0n) is 11.8. The molecule has 0 radical (unpaired) electrons. The van der Waals surface area contributed by atoms with Crippen LogP contribution in [-0.2, 0) is 4.79 Å². The van der Waals surface area contributed by atoms with Gasteiger partial charge in [0.25, 0.3) is 5.91 Å². The van der Waals surface area contributed by atoms with Crippen LogP contribution < -0.4 is 10.7 Å². The first-order chi connectivity index (χ1) is 10.6. The predicted octanol–water partition coefficient (Wildman–Crippen LogP) is 3.48. The Morgan fingerprint density at radius 1 is 1.27 bits per heavy atom. The molecule has 0 aliphatic rings. The Labute approximate surface area is 145 Å². The van der Waals surface area contributed by atoms with Crippen molar-refractivity contribution in [3.05, 3.63) is 56.7 Å². The normalized spacial score (nSPS) is 10.7. The van der Waals surface area contributed by atoms with Gasteiger partial charge in [0.15, 0.2) is 0 Å². The predicted molar refractivity (Wildman–Crippen MR) is 95.0 cm³/mol. The first-order valence-corrected chi connectivity index (χ1v) is 8.06. The summed E-state index contributed by atoms with van der Waals surface area (Å²) in [6, 6.07) is 7.45. The minimum absolute atomic E-state index is 0.135. The van der Waals surface area contributed by atoms with Crippen molar-refractivity contribution in [2.45, 2.75) is 6.92 Å². The highest BCUT2D eigenvalue weighted by atomic mass is 79.9. The van der Waals surface area contributed by atoms with Crippen LogP contribution in [0.25, 0.3) is 0 Å². The number of hydrogen-bond donors (Lipinski definition) is 2. The third-order valence-corrected chi connectivity index (χ3v) is 4.49. The zero-order valence-corrected chi connectivity index (χ0v) is 15.0. The Balaban J connectivity index is 1.84. The second kappa shape index (κ2) is 8.05. The van der Waals surface area contributed by atoms with Crippen LogP contribution in [0.15, 0.2) is 50.7 Å². The molecule has 0 unspecified atom stereocenters. The number of benzene rings is 1. The Morgan fingerprint density at radius 2 is 1.91 bits per heavy atom. The zero-order chi connectivity index (χ0) is 15.9. The number of rotatable bonds is 5. The summed E-state index contributed by atoms with van der Waals surface area (Å²) >= 11 is 6.95. The van der Waals surface area contributed by atoms with Crippen LogP contribution in [0.1, 0.15) is 11.1 Å². The van der Waals surface area contributed by atoms with Gasteiger partial charge in [-0.25, -0.2) is 5.43 Å². The van der Waals surface area contributed by atoms with E-state index >= 15 is 0 Å². The lowest BCUT2D eigenvalue weighted by Gasteiger charge is -2.09. The summed E-state index contributed by atoms with van der Waals surface area (Å²) in [5, 5.41) is 6.94. The molecular weight excluding hydrogens is 412 g/mol. The Hall–Kier alpha value is -1.73. The van der Waals surface area contributed by atoms with Gasteiger partial charge in [-0.15, -0.1) is 0 Å². The average molecular weight is 426 g/mol. The van der Waals surface area contributed by atoms with Gasteiger partial charge in [-0.1, -0.05) is 31.9 Å². The monoisotopic (exact) mass is 424 g/mol. The van der Waals surface area contributed by atoms with Gasteiger partial charge in [0, 0.05) is 27.0 Å². The molecule has 0 bridgehead atoms. The van der Waals surface area contributed by atoms with Gasteiger partial charge in [-0.05, 0) is 42.3 Å². The van der Waals surface area contributed by atoms with Crippen molar-refractivity contribution < 1.29 is 4.79 Å². The minimum atomic E-state index is -0.224. The molecule has 0 fully saturated rings. The molecule has 1 aromatic heterocycles. The van der Waals surface area contributed by atoms with Crippen LogP contribution in [0, 0.1) is 6.92 Å². The molecule has 2 aromatic rings. The van der Waals surface area contributed by atoms with Crippen molar-refractivity contribution >= 4 is 49.7 Å².